The summed E-state index contributed by atoms with van der Waals surface area (Å²) >= 11 is 0. The molecule has 0 amide bonds. The van der Waals surface area contributed by atoms with Crippen LogP contribution >= 0.6 is 0 Å². The Morgan fingerprint density at radius 2 is 1.95 bits per heavy atom. The van der Waals surface area contributed by atoms with Gasteiger partial charge in [-0.3, -0.25) is 0 Å². The fourth-order valence-electron chi connectivity index (χ4n) is 2.22. The molecular weight excluding hydrogens is 259 g/mol. The third-order valence-corrected chi connectivity index (χ3v) is 3.35. The van der Waals surface area contributed by atoms with Gasteiger partial charge in [0.05, 0.1) is 18.7 Å². The number of hydrogen-bond donors (Lipinski definition) is 1. The van der Waals surface area contributed by atoms with Crippen LogP contribution < -0.4 is 15.4 Å². The van der Waals surface area contributed by atoms with Crippen molar-refractivity contribution in [3.05, 3.63) is 12.1 Å². The Morgan fingerprint density at radius 3 is 2.47 bits per heavy atom. The molecule has 1 fully saturated rings. The van der Waals surface area contributed by atoms with Gasteiger partial charge in [-0.05, 0) is 25.0 Å². The predicted molar refractivity (Wildman–Crippen MR) is 66.2 cm³/mol. The molecule has 0 radical (unpaired) electrons. The minimum atomic E-state index is -4.10. The van der Waals surface area contributed by atoms with Crippen LogP contribution in [0.5, 0.6) is 5.88 Å². The van der Waals surface area contributed by atoms with Gasteiger partial charge in [0, 0.05) is 13.1 Å². The zero-order valence-corrected chi connectivity index (χ0v) is 10.6. The molecule has 19 heavy (non-hydrogen) atoms. The summed E-state index contributed by atoms with van der Waals surface area (Å²) in [6.07, 6.45) is -3.91. The van der Waals surface area contributed by atoms with E-state index in [9.17, 15) is 13.2 Å². The van der Waals surface area contributed by atoms with Crippen molar-refractivity contribution in [2.75, 3.05) is 30.8 Å². The van der Waals surface area contributed by atoms with Crippen LogP contribution in [0.1, 0.15) is 12.8 Å². The summed E-state index contributed by atoms with van der Waals surface area (Å²) in [4.78, 5) is 6.02. The van der Waals surface area contributed by atoms with Crippen molar-refractivity contribution in [3.63, 3.8) is 0 Å². The van der Waals surface area contributed by atoms with E-state index in [1.54, 1.807) is 12.1 Å². The summed E-state index contributed by atoms with van der Waals surface area (Å²) in [6, 6.07) is 3.35. The van der Waals surface area contributed by atoms with Crippen molar-refractivity contribution in [1.29, 1.82) is 0 Å². The van der Waals surface area contributed by atoms with E-state index in [1.165, 1.54) is 7.11 Å². The highest BCUT2D eigenvalue weighted by Gasteiger charge is 2.41. The minimum absolute atomic E-state index is 0.0951. The maximum atomic E-state index is 12.6. The summed E-state index contributed by atoms with van der Waals surface area (Å²) in [6.45, 7) is 0.675. The first kappa shape index (κ1) is 13.8. The van der Waals surface area contributed by atoms with Crippen LogP contribution in [0.3, 0.4) is 0 Å². The van der Waals surface area contributed by atoms with E-state index in [0.717, 1.165) is 0 Å². The molecule has 0 aliphatic carbocycles. The van der Waals surface area contributed by atoms with Crippen LogP contribution in [-0.4, -0.2) is 31.4 Å². The largest absolute Gasteiger partial charge is 0.479 e. The number of nitrogen functional groups attached to an aromatic ring is 1. The van der Waals surface area contributed by atoms with Gasteiger partial charge in [-0.15, -0.1) is 0 Å². The molecule has 0 bridgehead atoms. The zero-order valence-electron chi connectivity index (χ0n) is 10.6. The topological polar surface area (TPSA) is 51.4 Å². The molecule has 1 aliphatic rings. The highest BCUT2D eigenvalue weighted by molar-refractivity contribution is 5.54. The lowest BCUT2D eigenvalue weighted by molar-refractivity contribution is -0.179. The van der Waals surface area contributed by atoms with Crippen LogP contribution in [-0.2, 0) is 0 Å². The Morgan fingerprint density at radius 1 is 1.32 bits per heavy atom. The first-order valence-corrected chi connectivity index (χ1v) is 6.04. The van der Waals surface area contributed by atoms with Crippen molar-refractivity contribution in [2.45, 2.75) is 19.0 Å². The van der Waals surface area contributed by atoms with Crippen molar-refractivity contribution in [3.8, 4) is 5.88 Å². The lowest BCUT2D eigenvalue weighted by Crippen LogP contribution is -2.39. The molecule has 0 unspecified atom stereocenters. The maximum Gasteiger partial charge on any atom is 0.391 e. The molecule has 0 spiro atoms. The summed E-state index contributed by atoms with van der Waals surface area (Å²) < 4.78 is 42.7. The maximum absolute atomic E-state index is 12.6. The number of aromatic nitrogens is 1. The molecule has 1 aromatic rings. The van der Waals surface area contributed by atoms with Crippen LogP contribution in [0.25, 0.3) is 0 Å². The van der Waals surface area contributed by atoms with E-state index in [1.807, 2.05) is 4.90 Å². The van der Waals surface area contributed by atoms with Gasteiger partial charge >= 0.3 is 6.18 Å². The second-order valence-electron chi connectivity index (χ2n) is 4.57. The highest BCUT2D eigenvalue weighted by atomic mass is 19.4. The average Bonchev–Trinajstić information content (AvgIpc) is 2.38. The predicted octanol–water partition coefficient (Wildman–Crippen LogP) is 2.45. The number of halogens is 3. The zero-order chi connectivity index (χ0) is 14.0. The van der Waals surface area contributed by atoms with E-state index < -0.39 is 12.1 Å². The molecule has 7 heteroatoms. The van der Waals surface area contributed by atoms with Crippen LogP contribution in [0, 0.1) is 5.92 Å². The van der Waals surface area contributed by atoms with E-state index in [2.05, 4.69) is 4.98 Å². The fourth-order valence-corrected chi connectivity index (χ4v) is 2.22. The standard InChI is InChI=1S/C12H16F3N3O/c1-19-11-9(16)2-3-10(17-11)18-6-4-8(5-7-18)12(13,14)15/h2-3,8H,4-7,16H2,1H3. The monoisotopic (exact) mass is 275 g/mol. The summed E-state index contributed by atoms with van der Waals surface area (Å²) in [7, 11) is 1.46. The number of ether oxygens (including phenoxy) is 1. The van der Waals surface area contributed by atoms with Crippen molar-refractivity contribution in [1.82, 2.24) is 4.98 Å². The average molecular weight is 275 g/mol. The Bertz CT molecular complexity index is 442. The van der Waals surface area contributed by atoms with Gasteiger partial charge in [0.15, 0.2) is 0 Å². The Balaban J connectivity index is 2.05. The number of piperidine rings is 1. The molecule has 1 aromatic heterocycles. The third-order valence-electron chi connectivity index (χ3n) is 3.35. The van der Waals surface area contributed by atoms with Gasteiger partial charge in [-0.25, -0.2) is 0 Å². The van der Waals surface area contributed by atoms with E-state index >= 15 is 0 Å². The second-order valence-corrected chi connectivity index (χ2v) is 4.57. The first-order valence-electron chi connectivity index (χ1n) is 6.04. The van der Waals surface area contributed by atoms with Crippen LogP contribution in [0.4, 0.5) is 24.7 Å². The minimum Gasteiger partial charge on any atom is -0.479 e. The highest BCUT2D eigenvalue weighted by Crippen LogP contribution is 2.35. The second kappa shape index (κ2) is 5.14. The Labute approximate surface area is 109 Å². The molecular formula is C12H16F3N3O. The lowest BCUT2D eigenvalue weighted by atomic mass is 9.96. The number of nitrogens with zero attached hydrogens (tertiary/aromatic N) is 2. The Hall–Kier alpha value is -1.66. The molecule has 4 nitrogen and oxygen atoms in total. The number of pyridine rings is 1. The van der Waals surface area contributed by atoms with E-state index in [0.29, 0.717) is 30.5 Å². The quantitative estimate of drug-likeness (QED) is 0.900. The van der Waals surface area contributed by atoms with Gasteiger partial charge in [-0.2, -0.15) is 18.2 Å². The fraction of sp³-hybridized carbons (Fsp3) is 0.583. The lowest BCUT2D eigenvalue weighted by Gasteiger charge is -2.33. The number of methoxy groups -OCH3 is 1. The number of hydrogen-bond acceptors (Lipinski definition) is 4. The van der Waals surface area contributed by atoms with Crippen molar-refractivity contribution >= 4 is 11.5 Å². The number of alkyl halides is 3. The summed E-state index contributed by atoms with van der Waals surface area (Å²) in [5.41, 5.74) is 6.07. The molecule has 2 heterocycles. The first-order chi connectivity index (χ1) is 8.91. The van der Waals surface area contributed by atoms with Gasteiger partial charge in [0.25, 0.3) is 0 Å². The van der Waals surface area contributed by atoms with Crippen LogP contribution in [0.15, 0.2) is 12.1 Å². The smallest absolute Gasteiger partial charge is 0.391 e. The van der Waals surface area contributed by atoms with Crippen LogP contribution in [0.2, 0.25) is 0 Å². The van der Waals surface area contributed by atoms with E-state index in [4.69, 9.17) is 10.5 Å². The van der Waals surface area contributed by atoms with Gasteiger partial charge in [-0.1, -0.05) is 0 Å². The third kappa shape index (κ3) is 3.02. The molecule has 0 aromatic carbocycles. The van der Waals surface area contributed by atoms with Gasteiger partial charge < -0.3 is 15.4 Å². The summed E-state index contributed by atoms with van der Waals surface area (Å²) in [5, 5.41) is 0. The Kier molecular flexibility index (Phi) is 3.73. The SMILES string of the molecule is COc1nc(N2CCC(C(F)(F)F)CC2)ccc1N. The number of rotatable bonds is 2. The molecule has 0 saturated carbocycles. The van der Waals surface area contributed by atoms with E-state index in [-0.39, 0.29) is 12.8 Å². The normalized spacial score (nSPS) is 17.6. The number of nitrogens with two attached hydrogens (primary N) is 1. The molecule has 1 aliphatic heterocycles. The molecule has 2 rings (SSSR count). The van der Waals surface area contributed by atoms with Crippen molar-refractivity contribution < 1.29 is 17.9 Å². The molecule has 0 atom stereocenters. The molecule has 2 N–H and O–H groups in total. The van der Waals surface area contributed by atoms with Gasteiger partial charge in [0.2, 0.25) is 5.88 Å². The van der Waals surface area contributed by atoms with Crippen molar-refractivity contribution in [2.24, 2.45) is 5.92 Å². The summed E-state index contributed by atoms with van der Waals surface area (Å²) in [5.74, 6) is -0.304. The number of anilines is 2. The van der Waals surface area contributed by atoms with Gasteiger partial charge in [0.1, 0.15) is 5.82 Å². The molecule has 1 saturated heterocycles. The molecule has 106 valence electrons.